The van der Waals surface area contributed by atoms with Crippen LogP contribution in [0.5, 0.6) is 0 Å². The van der Waals surface area contributed by atoms with Crippen LogP contribution in [0.4, 0.5) is 0 Å². The fraction of sp³-hybridized carbons (Fsp3) is 1.00. The second kappa shape index (κ2) is 37.9. The van der Waals surface area contributed by atoms with E-state index in [1.807, 2.05) is 13.8 Å². The van der Waals surface area contributed by atoms with Gasteiger partial charge in [-0.1, -0.05) is 26.7 Å². The van der Waals surface area contributed by atoms with Crippen LogP contribution in [-0.2, 0) is 61.6 Å². The molecule has 546 valence electrons. The molecule has 0 aromatic heterocycles. The standard InChI is InChI=1S/C60H108O33/c1-4-6-27-35(8-61)88-41(55(75)47(27)67)21-82-15-29-37(10-63)90-43(57(77)50(29)70)23-84-17-31-39(12-65)92-45(59(79)52(31)72)25-86-19-33-40(13-66)93-46(60(80)53(33)73)24-85-18-32-38(11-64)91-44(58(78)51(32)71)22-83-16-30-36(9-62)89-42(56(76)49(30)69)20-81-14-28-26(3)87-34(7-5-2)54(74)48(28)68/h26-80H,4-25H2,1-3H3. The predicted molar refractivity (Wildman–Crippen MR) is 312 cm³/mol. The number of hydrogen-bond donors (Lipinski definition) is 20. The van der Waals surface area contributed by atoms with Gasteiger partial charge in [-0.15, -0.1) is 0 Å². The molecule has 33 nitrogen and oxygen atoms in total. The van der Waals surface area contributed by atoms with Crippen molar-refractivity contribution in [3.63, 3.8) is 0 Å². The molecule has 7 fully saturated rings. The highest BCUT2D eigenvalue weighted by Gasteiger charge is 2.52. The van der Waals surface area contributed by atoms with Gasteiger partial charge in [-0.25, -0.2) is 0 Å². The smallest absolute Gasteiger partial charge is 0.110 e. The molecule has 0 aromatic carbocycles. The van der Waals surface area contributed by atoms with E-state index in [0.29, 0.717) is 19.3 Å². The summed E-state index contributed by atoms with van der Waals surface area (Å²) in [6.45, 7) is -1.78. The normalized spacial score (nSPS) is 46.8. The van der Waals surface area contributed by atoms with Crippen LogP contribution in [-0.4, -0.2) is 392 Å². The number of ether oxygens (including phenoxy) is 13. The maximum absolute atomic E-state index is 11.3. The zero-order valence-electron chi connectivity index (χ0n) is 53.0. The lowest BCUT2D eigenvalue weighted by atomic mass is 9.84. The molecule has 7 rings (SSSR count). The lowest BCUT2D eigenvalue weighted by Gasteiger charge is -2.45. The average Bonchev–Trinajstić information content (AvgIpc) is 1.11. The van der Waals surface area contributed by atoms with Crippen molar-refractivity contribution >= 4 is 0 Å². The van der Waals surface area contributed by atoms with E-state index in [9.17, 15) is 102 Å². The Morgan fingerprint density at radius 3 is 0.634 bits per heavy atom. The molecule has 0 spiro atoms. The van der Waals surface area contributed by atoms with Crippen molar-refractivity contribution in [2.24, 2.45) is 41.4 Å². The van der Waals surface area contributed by atoms with E-state index < -0.39 is 259 Å². The third-order valence-corrected chi connectivity index (χ3v) is 20.0. The van der Waals surface area contributed by atoms with Crippen molar-refractivity contribution in [2.75, 3.05) is 119 Å². The minimum Gasteiger partial charge on any atom is -0.394 e. The molecule has 33 heteroatoms. The lowest BCUT2D eigenvalue weighted by molar-refractivity contribution is -0.254. The van der Waals surface area contributed by atoms with E-state index >= 15 is 0 Å². The Bertz CT molecular complexity index is 2070. The number of aliphatic hydroxyl groups is 20. The Labute approximate surface area is 540 Å². The van der Waals surface area contributed by atoms with Crippen molar-refractivity contribution in [1.82, 2.24) is 0 Å². The van der Waals surface area contributed by atoms with Crippen molar-refractivity contribution < 1.29 is 164 Å². The monoisotopic (exact) mass is 1360 g/mol. The van der Waals surface area contributed by atoms with Crippen LogP contribution < -0.4 is 0 Å². The van der Waals surface area contributed by atoms with Crippen molar-refractivity contribution in [3.8, 4) is 0 Å². The van der Waals surface area contributed by atoms with Gasteiger partial charge in [0, 0.05) is 41.4 Å². The summed E-state index contributed by atoms with van der Waals surface area (Å²) in [6.07, 6.45) is -32.1. The van der Waals surface area contributed by atoms with Gasteiger partial charge in [-0.05, 0) is 19.8 Å². The van der Waals surface area contributed by atoms with Gasteiger partial charge in [0.25, 0.3) is 0 Å². The molecular formula is C60H108O33. The topological polar surface area (TPSA) is 525 Å². The molecule has 7 aliphatic rings. The summed E-state index contributed by atoms with van der Waals surface area (Å²) in [6, 6.07) is 0. The highest BCUT2D eigenvalue weighted by atomic mass is 16.6. The first kappa shape index (κ1) is 79.0. The van der Waals surface area contributed by atoms with Gasteiger partial charge in [0.05, 0.1) is 210 Å². The van der Waals surface area contributed by atoms with Crippen molar-refractivity contribution in [2.45, 2.75) is 217 Å². The van der Waals surface area contributed by atoms with Gasteiger partial charge in [-0.2, -0.15) is 0 Å². The largest absolute Gasteiger partial charge is 0.394 e. The summed E-state index contributed by atoms with van der Waals surface area (Å²) < 4.78 is 75.9. The average molecular weight is 1360 g/mol. The van der Waals surface area contributed by atoms with Crippen LogP contribution in [0.25, 0.3) is 0 Å². The molecule has 7 saturated heterocycles. The lowest BCUT2D eigenvalue weighted by Crippen LogP contribution is -2.60. The summed E-state index contributed by atoms with van der Waals surface area (Å²) in [5, 5.41) is 215. The highest BCUT2D eigenvalue weighted by Crippen LogP contribution is 2.36. The molecule has 7 aliphatic heterocycles. The molecule has 7 heterocycles. The van der Waals surface area contributed by atoms with Crippen molar-refractivity contribution in [1.29, 1.82) is 0 Å². The molecule has 0 aromatic rings. The fourth-order valence-corrected chi connectivity index (χ4v) is 14.1. The second-order valence-corrected chi connectivity index (χ2v) is 26.1. The Balaban J connectivity index is 0.799. The molecule has 35 unspecified atom stereocenters. The molecule has 93 heavy (non-hydrogen) atoms. The van der Waals surface area contributed by atoms with Crippen LogP contribution in [0.15, 0.2) is 0 Å². The first-order valence-corrected chi connectivity index (χ1v) is 32.8. The molecule has 0 radical (unpaired) electrons. The van der Waals surface area contributed by atoms with E-state index in [1.54, 1.807) is 6.92 Å². The Morgan fingerprint density at radius 2 is 0.409 bits per heavy atom. The minimum absolute atomic E-state index is 0.0589. The van der Waals surface area contributed by atoms with E-state index in [0.717, 1.165) is 6.42 Å². The summed E-state index contributed by atoms with van der Waals surface area (Å²) in [4.78, 5) is 0. The molecule has 0 saturated carbocycles. The quantitative estimate of drug-likeness (QED) is 0.0284. The third-order valence-electron chi connectivity index (χ3n) is 20.0. The minimum atomic E-state index is -1.63. The van der Waals surface area contributed by atoms with Crippen LogP contribution >= 0.6 is 0 Å². The van der Waals surface area contributed by atoms with Crippen LogP contribution in [0.1, 0.15) is 46.5 Å². The van der Waals surface area contributed by atoms with Gasteiger partial charge < -0.3 is 164 Å². The van der Waals surface area contributed by atoms with E-state index in [-0.39, 0.29) is 72.7 Å². The number of rotatable bonds is 34. The van der Waals surface area contributed by atoms with Gasteiger partial charge in [0.1, 0.15) is 79.4 Å². The Kier molecular flexibility index (Phi) is 32.2. The maximum Gasteiger partial charge on any atom is 0.110 e. The second-order valence-electron chi connectivity index (χ2n) is 26.1. The maximum atomic E-state index is 11.3. The molecule has 0 amide bonds. The molecule has 35 atom stereocenters. The van der Waals surface area contributed by atoms with Crippen LogP contribution in [0, 0.1) is 41.4 Å². The van der Waals surface area contributed by atoms with Gasteiger partial charge in [-0.3, -0.25) is 0 Å². The van der Waals surface area contributed by atoms with E-state index in [2.05, 4.69) is 0 Å². The SMILES string of the molecule is CCCC1OC(C)C(COCC2OC(CO)C(COCC3OC(CO)C(COCC4OC(CO)C(COCC5OC(CO)C(COCC6OC(CO)C(COCC7OC(CO)C(CCC)C(O)C7O)C(O)C6O)C(O)C5O)C(O)C4O)C(O)C3O)C(O)C2O)C(O)C1O. The van der Waals surface area contributed by atoms with Gasteiger partial charge in [0.15, 0.2) is 0 Å². The van der Waals surface area contributed by atoms with Gasteiger partial charge in [0.2, 0.25) is 0 Å². The third kappa shape index (κ3) is 19.2. The first-order valence-electron chi connectivity index (χ1n) is 32.8. The zero-order valence-corrected chi connectivity index (χ0v) is 53.0. The highest BCUT2D eigenvalue weighted by molar-refractivity contribution is 4.99. The summed E-state index contributed by atoms with van der Waals surface area (Å²) in [5.41, 5.74) is 0. The Hall–Kier alpha value is -1.32. The van der Waals surface area contributed by atoms with E-state index in [4.69, 9.17) is 61.6 Å². The molecule has 20 N–H and O–H groups in total. The summed E-state index contributed by atoms with van der Waals surface area (Å²) in [5.74, 6) is -6.21. The molecular weight excluding hydrogens is 1250 g/mol. The first-order chi connectivity index (χ1) is 44.5. The van der Waals surface area contributed by atoms with Crippen LogP contribution in [0.3, 0.4) is 0 Å². The number of aliphatic hydroxyl groups excluding tert-OH is 20. The zero-order chi connectivity index (χ0) is 68.0. The molecule has 0 bridgehead atoms. The predicted octanol–water partition coefficient (Wildman–Crippen LogP) is -9.60. The summed E-state index contributed by atoms with van der Waals surface area (Å²) in [7, 11) is 0. The summed E-state index contributed by atoms with van der Waals surface area (Å²) >= 11 is 0. The number of hydrogen-bond acceptors (Lipinski definition) is 33. The van der Waals surface area contributed by atoms with E-state index in [1.165, 1.54) is 0 Å². The van der Waals surface area contributed by atoms with Crippen LogP contribution in [0.2, 0.25) is 0 Å². The van der Waals surface area contributed by atoms with Crippen molar-refractivity contribution in [3.05, 3.63) is 0 Å². The fourth-order valence-electron chi connectivity index (χ4n) is 14.1. The van der Waals surface area contributed by atoms with Gasteiger partial charge >= 0.3 is 0 Å². The Morgan fingerprint density at radius 1 is 0.215 bits per heavy atom. The molecule has 0 aliphatic carbocycles.